The summed E-state index contributed by atoms with van der Waals surface area (Å²) in [6, 6.07) is 11.0. The number of nitrogens with one attached hydrogen (secondary N) is 1. The number of Topliss-reactive ketones (excluding diaryl/α,β-unsaturated/α-hetero) is 1. The van der Waals surface area contributed by atoms with E-state index in [1.54, 1.807) is 6.07 Å². The number of carbonyl (C=O) groups is 2. The van der Waals surface area contributed by atoms with Crippen molar-refractivity contribution in [1.29, 1.82) is 0 Å². The SMILES string of the molecule is Cc1ccc(C(=O)COC(=O)CCNS(=O)(=O)c2ccc(Cl)cc2)c(C)c1. The number of carbonyl (C=O) groups excluding carboxylic acids is 2. The average Bonchev–Trinajstić information content (AvgIpc) is 2.60. The predicted molar refractivity (Wildman–Crippen MR) is 102 cm³/mol. The van der Waals surface area contributed by atoms with Crippen molar-refractivity contribution in [3.05, 3.63) is 64.2 Å². The van der Waals surface area contributed by atoms with E-state index in [1.165, 1.54) is 24.3 Å². The minimum absolute atomic E-state index is 0.0466. The number of ether oxygens (including phenoxy) is 1. The molecule has 0 aromatic heterocycles. The molecule has 0 bridgehead atoms. The fourth-order valence-corrected chi connectivity index (χ4v) is 3.56. The molecule has 2 rings (SSSR count). The van der Waals surface area contributed by atoms with Gasteiger partial charge in [0.2, 0.25) is 15.8 Å². The van der Waals surface area contributed by atoms with Gasteiger partial charge in [-0.1, -0.05) is 35.4 Å². The molecule has 0 aliphatic rings. The van der Waals surface area contributed by atoms with Crippen molar-refractivity contribution in [3.63, 3.8) is 0 Å². The second kappa shape index (κ2) is 9.12. The normalized spacial score (nSPS) is 11.2. The highest BCUT2D eigenvalue weighted by Crippen LogP contribution is 2.14. The van der Waals surface area contributed by atoms with Gasteiger partial charge < -0.3 is 4.74 Å². The lowest BCUT2D eigenvalue weighted by atomic mass is 10.0. The van der Waals surface area contributed by atoms with Crippen molar-refractivity contribution in [3.8, 4) is 0 Å². The third-order valence-corrected chi connectivity index (χ3v) is 5.52. The summed E-state index contributed by atoms with van der Waals surface area (Å²) in [5, 5.41) is 0.422. The first-order valence-electron chi connectivity index (χ1n) is 8.20. The van der Waals surface area contributed by atoms with Gasteiger partial charge in [0.25, 0.3) is 0 Å². The van der Waals surface area contributed by atoms with Crippen molar-refractivity contribution >= 4 is 33.4 Å². The zero-order chi connectivity index (χ0) is 20.0. The minimum atomic E-state index is -3.74. The van der Waals surface area contributed by atoms with Crippen LogP contribution in [0.5, 0.6) is 0 Å². The van der Waals surface area contributed by atoms with Crippen LogP contribution in [0.4, 0.5) is 0 Å². The third-order valence-electron chi connectivity index (χ3n) is 3.79. The van der Waals surface area contributed by atoms with Gasteiger partial charge in [-0.25, -0.2) is 13.1 Å². The summed E-state index contributed by atoms with van der Waals surface area (Å²) < 4.78 is 31.4. The highest BCUT2D eigenvalue weighted by molar-refractivity contribution is 7.89. The number of aryl methyl sites for hydroxylation is 2. The number of hydrogen-bond donors (Lipinski definition) is 1. The molecular formula is C19H20ClNO5S. The Hall–Kier alpha value is -2.22. The summed E-state index contributed by atoms with van der Waals surface area (Å²) in [5.41, 5.74) is 2.35. The molecule has 1 N–H and O–H groups in total. The van der Waals surface area contributed by atoms with E-state index in [2.05, 4.69) is 4.72 Å². The Balaban J connectivity index is 1.80. The van der Waals surface area contributed by atoms with Crippen LogP contribution in [0.1, 0.15) is 27.9 Å². The molecule has 8 heteroatoms. The smallest absolute Gasteiger partial charge is 0.307 e. The topological polar surface area (TPSA) is 89.5 Å². The highest BCUT2D eigenvalue weighted by Gasteiger charge is 2.16. The molecule has 0 saturated carbocycles. The molecule has 0 heterocycles. The van der Waals surface area contributed by atoms with E-state index in [4.69, 9.17) is 16.3 Å². The first kappa shape index (κ1) is 21.1. The van der Waals surface area contributed by atoms with Crippen molar-refractivity contribution in [2.45, 2.75) is 25.2 Å². The maximum absolute atomic E-state index is 12.1. The summed E-state index contributed by atoms with van der Waals surface area (Å²) in [6.07, 6.45) is -0.188. The van der Waals surface area contributed by atoms with Gasteiger partial charge in [0.15, 0.2) is 6.61 Å². The van der Waals surface area contributed by atoms with Crippen LogP contribution in [-0.4, -0.2) is 33.3 Å². The van der Waals surface area contributed by atoms with E-state index in [9.17, 15) is 18.0 Å². The number of benzene rings is 2. The molecule has 0 amide bonds. The Bertz CT molecular complexity index is 939. The van der Waals surface area contributed by atoms with Gasteiger partial charge in [-0.2, -0.15) is 0 Å². The Morgan fingerprint density at radius 3 is 2.37 bits per heavy atom. The van der Waals surface area contributed by atoms with Gasteiger partial charge in [-0.05, 0) is 43.7 Å². The number of rotatable bonds is 8. The van der Waals surface area contributed by atoms with Gasteiger partial charge in [0.05, 0.1) is 11.3 Å². The molecule has 0 unspecified atom stereocenters. The van der Waals surface area contributed by atoms with Crippen molar-refractivity contribution < 1.29 is 22.7 Å². The zero-order valence-electron chi connectivity index (χ0n) is 15.0. The van der Waals surface area contributed by atoms with Crippen molar-refractivity contribution in [2.75, 3.05) is 13.2 Å². The van der Waals surface area contributed by atoms with Gasteiger partial charge in [0.1, 0.15) is 0 Å². The van der Waals surface area contributed by atoms with Gasteiger partial charge in [-0.15, -0.1) is 0 Å². The Morgan fingerprint density at radius 2 is 1.74 bits per heavy atom. The quantitative estimate of drug-likeness (QED) is 0.534. The second-order valence-electron chi connectivity index (χ2n) is 6.00. The number of hydrogen-bond acceptors (Lipinski definition) is 5. The van der Waals surface area contributed by atoms with Crippen LogP contribution in [0.2, 0.25) is 5.02 Å². The maximum Gasteiger partial charge on any atom is 0.307 e. The lowest BCUT2D eigenvalue weighted by Crippen LogP contribution is -2.27. The molecule has 2 aromatic carbocycles. The molecule has 0 aliphatic carbocycles. The zero-order valence-corrected chi connectivity index (χ0v) is 16.6. The number of ketones is 1. The Kier molecular flexibility index (Phi) is 7.12. The Morgan fingerprint density at radius 1 is 1.07 bits per heavy atom. The molecule has 0 spiro atoms. The second-order valence-corrected chi connectivity index (χ2v) is 8.21. The molecule has 6 nitrogen and oxygen atoms in total. The molecule has 0 saturated heterocycles. The predicted octanol–water partition coefficient (Wildman–Crippen LogP) is 3.05. The number of sulfonamides is 1. The van der Waals surface area contributed by atoms with E-state index in [0.29, 0.717) is 10.6 Å². The van der Waals surface area contributed by atoms with E-state index in [0.717, 1.165) is 11.1 Å². The first-order chi connectivity index (χ1) is 12.7. The molecule has 0 aliphatic heterocycles. The fourth-order valence-electron chi connectivity index (χ4n) is 2.41. The van der Waals surface area contributed by atoms with Crippen molar-refractivity contribution in [1.82, 2.24) is 4.72 Å². The van der Waals surface area contributed by atoms with E-state index < -0.39 is 16.0 Å². The van der Waals surface area contributed by atoms with Crippen LogP contribution < -0.4 is 4.72 Å². The average molecular weight is 410 g/mol. The largest absolute Gasteiger partial charge is 0.457 e. The van der Waals surface area contributed by atoms with Gasteiger partial charge in [0, 0.05) is 17.1 Å². The van der Waals surface area contributed by atoms with Crippen LogP contribution in [0.3, 0.4) is 0 Å². The summed E-state index contributed by atoms with van der Waals surface area (Å²) >= 11 is 5.73. The van der Waals surface area contributed by atoms with Gasteiger partial charge in [-0.3, -0.25) is 9.59 Å². The summed E-state index contributed by atoms with van der Waals surface area (Å²) in [5.74, 6) is -0.963. The first-order valence-corrected chi connectivity index (χ1v) is 10.1. The van der Waals surface area contributed by atoms with Crippen LogP contribution in [0.25, 0.3) is 0 Å². The summed E-state index contributed by atoms with van der Waals surface area (Å²) in [7, 11) is -3.74. The molecule has 2 aromatic rings. The monoisotopic (exact) mass is 409 g/mol. The number of halogens is 1. The standard InChI is InChI=1S/C19H20ClNO5S/c1-13-3-8-17(14(2)11-13)18(22)12-26-19(23)9-10-21-27(24,25)16-6-4-15(20)5-7-16/h3-8,11,21H,9-10,12H2,1-2H3. The minimum Gasteiger partial charge on any atom is -0.457 e. The van der Waals surface area contributed by atoms with E-state index in [-0.39, 0.29) is 30.3 Å². The van der Waals surface area contributed by atoms with E-state index in [1.807, 2.05) is 26.0 Å². The van der Waals surface area contributed by atoms with Crippen LogP contribution >= 0.6 is 11.6 Å². The molecule has 0 radical (unpaired) electrons. The molecule has 0 atom stereocenters. The molecule has 144 valence electrons. The third kappa shape index (κ3) is 6.16. The fraction of sp³-hybridized carbons (Fsp3) is 0.263. The molecule has 0 fully saturated rings. The Labute approximate surface area is 163 Å². The van der Waals surface area contributed by atoms with Crippen LogP contribution in [0.15, 0.2) is 47.4 Å². The van der Waals surface area contributed by atoms with Crippen LogP contribution in [0, 0.1) is 13.8 Å². The van der Waals surface area contributed by atoms with E-state index >= 15 is 0 Å². The highest BCUT2D eigenvalue weighted by atomic mass is 35.5. The summed E-state index contributed by atoms with van der Waals surface area (Å²) in [4.78, 5) is 23.9. The van der Waals surface area contributed by atoms with Gasteiger partial charge >= 0.3 is 5.97 Å². The lowest BCUT2D eigenvalue weighted by Gasteiger charge is -2.08. The van der Waals surface area contributed by atoms with Crippen molar-refractivity contribution in [2.24, 2.45) is 0 Å². The van der Waals surface area contributed by atoms with Crippen LogP contribution in [-0.2, 0) is 19.6 Å². The molecular weight excluding hydrogens is 390 g/mol. The summed E-state index contributed by atoms with van der Waals surface area (Å²) in [6.45, 7) is 3.22. The number of esters is 1. The lowest BCUT2D eigenvalue weighted by molar-refractivity contribution is -0.142. The molecule has 27 heavy (non-hydrogen) atoms. The maximum atomic E-state index is 12.1.